The molecule has 1 aromatic heterocycles. The van der Waals surface area contributed by atoms with Crippen molar-refractivity contribution in [1.82, 2.24) is 5.32 Å². The topological polar surface area (TPSA) is 97.6 Å². The number of hydrogen-bond donors (Lipinski definition) is 2. The van der Waals surface area contributed by atoms with Crippen molar-refractivity contribution in [2.45, 2.75) is 31.6 Å². The number of anilines is 1. The molecule has 1 saturated heterocycles. The Morgan fingerprint density at radius 2 is 1.84 bits per heavy atom. The third-order valence-corrected chi connectivity index (χ3v) is 5.94. The van der Waals surface area contributed by atoms with Gasteiger partial charge in [-0.05, 0) is 24.1 Å². The molecule has 2 aromatic carbocycles. The summed E-state index contributed by atoms with van der Waals surface area (Å²) < 4.78 is 12.0. The number of amides is 3. The predicted octanol–water partition coefficient (Wildman–Crippen LogP) is 4.37. The summed E-state index contributed by atoms with van der Waals surface area (Å²) in [5, 5.41) is 5.01. The van der Waals surface area contributed by atoms with Gasteiger partial charge >= 0.3 is 0 Å². The van der Waals surface area contributed by atoms with Crippen molar-refractivity contribution in [3.63, 3.8) is 0 Å². The Labute approximate surface area is 183 Å². The Morgan fingerprint density at radius 1 is 1.13 bits per heavy atom. The van der Waals surface area contributed by atoms with Crippen molar-refractivity contribution in [3.8, 4) is 5.95 Å². The van der Waals surface area contributed by atoms with Gasteiger partial charge in [0.1, 0.15) is 5.58 Å². The Balaban J connectivity index is 1.63. The third-order valence-electron chi connectivity index (χ3n) is 4.96. The second-order valence-corrected chi connectivity index (χ2v) is 8.76. The van der Waals surface area contributed by atoms with Gasteiger partial charge in [-0.3, -0.25) is 19.7 Å². The number of carbonyl (C=O) groups excluding carboxylic acids is 3. The van der Waals surface area contributed by atoms with Crippen molar-refractivity contribution in [3.05, 3.63) is 60.2 Å². The van der Waals surface area contributed by atoms with Crippen LogP contribution in [0.15, 0.2) is 59.0 Å². The first-order valence-corrected chi connectivity index (χ1v) is 10.8. The summed E-state index contributed by atoms with van der Waals surface area (Å²) in [5.74, 6) is -0.587. The van der Waals surface area contributed by atoms with Crippen molar-refractivity contribution < 1.29 is 23.5 Å². The molecule has 160 valence electrons. The van der Waals surface area contributed by atoms with Gasteiger partial charge in [-0.25, -0.2) is 0 Å². The van der Waals surface area contributed by atoms with E-state index in [9.17, 15) is 14.4 Å². The highest BCUT2D eigenvalue weighted by atomic mass is 32.2. The molecular weight excluding hydrogens is 416 g/mol. The van der Waals surface area contributed by atoms with Gasteiger partial charge in [-0.15, -0.1) is 0 Å². The molecule has 4 rings (SSSR count). The summed E-state index contributed by atoms with van der Waals surface area (Å²) in [7, 11) is 0. The van der Waals surface area contributed by atoms with Crippen LogP contribution in [0, 0.1) is 5.92 Å². The second-order valence-electron chi connectivity index (χ2n) is 7.59. The summed E-state index contributed by atoms with van der Waals surface area (Å²) in [6.07, 6.45) is -0.564. The normalized spacial score (nSPS) is 17.1. The molecule has 3 aromatic rings. The predicted molar refractivity (Wildman–Crippen MR) is 119 cm³/mol. The molecule has 1 aliphatic rings. The smallest absolute Gasteiger partial charge is 0.289 e. The number of rotatable bonds is 7. The molecule has 0 bridgehead atoms. The Bertz CT molecular complexity index is 1130. The van der Waals surface area contributed by atoms with Crippen LogP contribution in [0.5, 0.6) is 5.95 Å². The van der Waals surface area contributed by atoms with E-state index >= 15 is 0 Å². The van der Waals surface area contributed by atoms with Gasteiger partial charge in [0, 0.05) is 23.1 Å². The number of fused-ring (bicyclic) bond motifs is 1. The molecule has 1 aliphatic heterocycles. The standard InChI is InChI=1S/C23H22N2O5S/c1-13(2)19(21(27)24-14-8-4-3-5-9-14)30-22-16(12-18-20(26)25-23(28)31-18)15-10-6-7-11-17(15)29-22/h3-11,13,18-19H,12H2,1-2H3,(H,24,27)(H,25,26,28). The Hall–Kier alpha value is -3.26. The van der Waals surface area contributed by atoms with Gasteiger partial charge in [-0.2, -0.15) is 0 Å². The van der Waals surface area contributed by atoms with Crippen LogP contribution in [0.4, 0.5) is 10.5 Å². The Kier molecular flexibility index (Phi) is 5.99. The van der Waals surface area contributed by atoms with E-state index in [1.54, 1.807) is 18.2 Å². The molecular formula is C23H22N2O5S. The summed E-state index contributed by atoms with van der Waals surface area (Å²) in [6.45, 7) is 3.77. The van der Waals surface area contributed by atoms with Gasteiger partial charge in [0.2, 0.25) is 5.91 Å². The number of thioether (sulfide) groups is 1. The summed E-state index contributed by atoms with van der Waals surface area (Å²) in [4.78, 5) is 36.6. The van der Waals surface area contributed by atoms with Gasteiger partial charge in [0.25, 0.3) is 17.1 Å². The average Bonchev–Trinajstić information content (AvgIpc) is 3.25. The van der Waals surface area contributed by atoms with E-state index in [1.807, 2.05) is 50.2 Å². The van der Waals surface area contributed by atoms with Gasteiger partial charge < -0.3 is 14.5 Å². The van der Waals surface area contributed by atoms with Gasteiger partial charge in [0.15, 0.2) is 6.10 Å². The van der Waals surface area contributed by atoms with Crippen LogP contribution < -0.4 is 15.4 Å². The lowest BCUT2D eigenvalue weighted by Crippen LogP contribution is -2.37. The highest BCUT2D eigenvalue weighted by molar-refractivity contribution is 8.15. The number of furan rings is 1. The van der Waals surface area contributed by atoms with Crippen LogP contribution in [0.25, 0.3) is 11.0 Å². The van der Waals surface area contributed by atoms with Crippen LogP contribution in [0.3, 0.4) is 0 Å². The number of para-hydroxylation sites is 2. The van der Waals surface area contributed by atoms with E-state index in [0.29, 0.717) is 16.8 Å². The molecule has 3 amide bonds. The first-order valence-electron chi connectivity index (χ1n) is 9.97. The van der Waals surface area contributed by atoms with Crippen molar-refractivity contribution in [2.24, 2.45) is 5.92 Å². The molecule has 0 radical (unpaired) electrons. The molecule has 8 heteroatoms. The molecule has 2 unspecified atom stereocenters. The Morgan fingerprint density at radius 3 is 2.52 bits per heavy atom. The number of benzene rings is 2. The minimum Gasteiger partial charge on any atom is -0.451 e. The SMILES string of the molecule is CC(C)C(Oc1oc2ccccc2c1CC1SC(=O)NC1=O)C(=O)Nc1ccccc1. The first-order chi connectivity index (χ1) is 14.9. The summed E-state index contributed by atoms with van der Waals surface area (Å²) in [6, 6.07) is 16.5. The molecule has 31 heavy (non-hydrogen) atoms. The number of hydrogen-bond acceptors (Lipinski definition) is 6. The number of nitrogens with one attached hydrogen (secondary N) is 2. The van der Waals surface area contributed by atoms with Gasteiger partial charge in [-0.1, -0.05) is 62.0 Å². The number of ether oxygens (including phenoxy) is 1. The molecule has 0 aliphatic carbocycles. The van der Waals surface area contributed by atoms with Crippen molar-refractivity contribution in [1.29, 1.82) is 0 Å². The van der Waals surface area contributed by atoms with Crippen LogP contribution in [-0.4, -0.2) is 28.4 Å². The zero-order chi connectivity index (χ0) is 22.0. The molecule has 2 atom stereocenters. The van der Waals surface area contributed by atoms with Crippen LogP contribution in [0.2, 0.25) is 0 Å². The molecule has 2 heterocycles. The highest BCUT2D eigenvalue weighted by Crippen LogP contribution is 2.36. The fraction of sp³-hybridized carbons (Fsp3) is 0.261. The fourth-order valence-electron chi connectivity index (χ4n) is 3.42. The molecule has 7 nitrogen and oxygen atoms in total. The largest absolute Gasteiger partial charge is 0.451 e. The zero-order valence-electron chi connectivity index (χ0n) is 17.1. The van der Waals surface area contributed by atoms with Crippen LogP contribution in [0.1, 0.15) is 19.4 Å². The van der Waals surface area contributed by atoms with Crippen molar-refractivity contribution >= 4 is 45.5 Å². The van der Waals surface area contributed by atoms with Crippen LogP contribution >= 0.6 is 11.8 Å². The van der Waals surface area contributed by atoms with E-state index in [-0.39, 0.29) is 35.3 Å². The average molecular weight is 439 g/mol. The van der Waals surface area contributed by atoms with E-state index < -0.39 is 11.4 Å². The zero-order valence-corrected chi connectivity index (χ0v) is 17.9. The third kappa shape index (κ3) is 4.59. The summed E-state index contributed by atoms with van der Waals surface area (Å²) in [5.41, 5.74) is 1.92. The fourth-order valence-corrected chi connectivity index (χ4v) is 4.25. The lowest BCUT2D eigenvalue weighted by molar-refractivity contribution is -0.125. The monoisotopic (exact) mass is 438 g/mol. The number of imide groups is 1. The lowest BCUT2D eigenvalue weighted by atomic mass is 10.1. The maximum absolute atomic E-state index is 12.9. The molecule has 0 saturated carbocycles. The van der Waals surface area contributed by atoms with E-state index in [4.69, 9.17) is 9.15 Å². The van der Waals surface area contributed by atoms with E-state index in [0.717, 1.165) is 17.1 Å². The van der Waals surface area contributed by atoms with E-state index in [1.165, 1.54) is 0 Å². The second kappa shape index (κ2) is 8.85. The summed E-state index contributed by atoms with van der Waals surface area (Å²) >= 11 is 0.946. The van der Waals surface area contributed by atoms with Crippen LogP contribution in [-0.2, 0) is 16.0 Å². The van der Waals surface area contributed by atoms with Gasteiger partial charge in [0.05, 0.1) is 5.25 Å². The molecule has 1 fully saturated rings. The van der Waals surface area contributed by atoms with E-state index in [2.05, 4.69) is 10.6 Å². The first kappa shape index (κ1) is 21.0. The quantitative estimate of drug-likeness (QED) is 0.569. The highest BCUT2D eigenvalue weighted by Gasteiger charge is 2.35. The van der Waals surface area contributed by atoms with Crippen molar-refractivity contribution in [2.75, 3.05) is 5.32 Å². The molecule has 2 N–H and O–H groups in total. The maximum Gasteiger partial charge on any atom is 0.289 e. The number of carbonyl (C=O) groups is 3. The lowest BCUT2D eigenvalue weighted by Gasteiger charge is -2.21. The molecule has 0 spiro atoms. The minimum atomic E-state index is -0.814. The minimum absolute atomic E-state index is 0.143. The maximum atomic E-state index is 12.9.